The summed E-state index contributed by atoms with van der Waals surface area (Å²) in [6.07, 6.45) is -0.374. The molecule has 1 unspecified atom stereocenters. The fourth-order valence-corrected chi connectivity index (χ4v) is 2.60. The third kappa shape index (κ3) is 2.26. The molecule has 3 rings (SSSR count). The van der Waals surface area contributed by atoms with Crippen LogP contribution in [-0.2, 0) is 6.18 Å². The van der Waals surface area contributed by atoms with Crippen LogP contribution < -0.4 is 0 Å². The normalized spacial score (nSPS) is 18.9. The number of rotatable bonds is 2. The van der Waals surface area contributed by atoms with E-state index in [-0.39, 0.29) is 23.2 Å². The van der Waals surface area contributed by atoms with Crippen LogP contribution >= 0.6 is 0 Å². The van der Waals surface area contributed by atoms with E-state index in [0.717, 1.165) is 19.0 Å². The maximum absolute atomic E-state index is 12.7. The molecule has 0 aliphatic carbocycles. The summed E-state index contributed by atoms with van der Waals surface area (Å²) in [4.78, 5) is 17.7. The molecule has 0 bridgehead atoms. The predicted molar refractivity (Wildman–Crippen MR) is 69.9 cm³/mol. The number of imidazole rings is 1. The fourth-order valence-electron chi connectivity index (χ4n) is 2.60. The zero-order valence-corrected chi connectivity index (χ0v) is 11.4. The summed E-state index contributed by atoms with van der Waals surface area (Å²) in [5, 5.41) is 0. The van der Waals surface area contributed by atoms with Gasteiger partial charge in [0.2, 0.25) is 0 Å². The van der Waals surface area contributed by atoms with Crippen LogP contribution in [0.15, 0.2) is 24.5 Å². The molecule has 1 aliphatic heterocycles. The number of nitrogens with zero attached hydrogens (tertiary/aromatic N) is 3. The Morgan fingerprint density at radius 2 is 2.24 bits per heavy atom. The summed E-state index contributed by atoms with van der Waals surface area (Å²) in [7, 11) is 0. The van der Waals surface area contributed by atoms with Gasteiger partial charge in [-0.05, 0) is 25.0 Å². The van der Waals surface area contributed by atoms with Crippen molar-refractivity contribution in [2.45, 2.75) is 32.0 Å². The minimum atomic E-state index is -4.52. The summed E-state index contributed by atoms with van der Waals surface area (Å²) in [6, 6.07) is 3.26. The first kappa shape index (κ1) is 13.9. The minimum absolute atomic E-state index is 0.0524. The number of hydrogen-bond acceptors (Lipinski definition) is 2. The molecule has 1 amide bonds. The molecule has 1 atom stereocenters. The van der Waals surface area contributed by atoms with Crippen LogP contribution in [0.4, 0.5) is 13.2 Å². The molecule has 1 saturated heterocycles. The van der Waals surface area contributed by atoms with Gasteiger partial charge in [-0.25, -0.2) is 4.98 Å². The van der Waals surface area contributed by atoms with Crippen LogP contribution in [0.2, 0.25) is 0 Å². The second-order valence-corrected chi connectivity index (χ2v) is 5.13. The topological polar surface area (TPSA) is 37.6 Å². The number of aromatic nitrogens is 2. The lowest BCUT2D eigenvalue weighted by molar-refractivity contribution is -0.140. The highest BCUT2D eigenvalue weighted by molar-refractivity contribution is 6.00. The van der Waals surface area contributed by atoms with E-state index in [2.05, 4.69) is 4.98 Å². The van der Waals surface area contributed by atoms with Gasteiger partial charge < -0.3 is 9.30 Å². The maximum Gasteiger partial charge on any atom is 0.434 e. The summed E-state index contributed by atoms with van der Waals surface area (Å²) in [5.41, 5.74) is -0.721. The Hall–Kier alpha value is -2.05. The fraction of sp³-hybridized carbons (Fsp3) is 0.429. The molecule has 2 aromatic rings. The van der Waals surface area contributed by atoms with E-state index in [1.54, 1.807) is 11.0 Å². The molecule has 0 saturated carbocycles. The van der Waals surface area contributed by atoms with Gasteiger partial charge in [-0.15, -0.1) is 0 Å². The Bertz CT molecular complexity index is 690. The molecule has 0 N–H and O–H groups in total. The van der Waals surface area contributed by atoms with Gasteiger partial charge in [0.25, 0.3) is 5.91 Å². The lowest BCUT2D eigenvalue weighted by atomic mass is 9.99. The average molecular weight is 297 g/mol. The number of amides is 1. The van der Waals surface area contributed by atoms with Gasteiger partial charge >= 0.3 is 6.18 Å². The number of hydrogen-bond donors (Lipinski definition) is 0. The second kappa shape index (κ2) is 4.75. The van der Waals surface area contributed by atoms with E-state index in [4.69, 9.17) is 0 Å². The van der Waals surface area contributed by atoms with E-state index in [1.165, 1.54) is 16.7 Å². The lowest BCUT2D eigenvalue weighted by Crippen LogP contribution is -2.50. The standard InChI is InChI=1S/C14H14F3N3O/c1-2-9-5-7-20(9)13(21)10-4-3-6-19-8-11(14(15,16)17)18-12(10)19/h3-4,6,8-9H,2,5,7H2,1H3. The molecule has 0 aromatic carbocycles. The first-order valence-electron chi connectivity index (χ1n) is 6.77. The molecule has 1 aliphatic rings. The second-order valence-electron chi connectivity index (χ2n) is 5.13. The summed E-state index contributed by atoms with van der Waals surface area (Å²) in [5.74, 6) is -0.252. The highest BCUT2D eigenvalue weighted by atomic mass is 19.4. The molecular weight excluding hydrogens is 283 g/mol. The van der Waals surface area contributed by atoms with Crippen LogP contribution in [0.5, 0.6) is 0 Å². The molecular formula is C14H14F3N3O. The number of alkyl halides is 3. The van der Waals surface area contributed by atoms with E-state index >= 15 is 0 Å². The number of pyridine rings is 1. The zero-order valence-electron chi connectivity index (χ0n) is 11.4. The Morgan fingerprint density at radius 1 is 1.48 bits per heavy atom. The number of carbonyl (C=O) groups excluding carboxylic acids is 1. The van der Waals surface area contributed by atoms with Crippen molar-refractivity contribution in [2.24, 2.45) is 0 Å². The van der Waals surface area contributed by atoms with Gasteiger partial charge in [0.05, 0.1) is 5.56 Å². The van der Waals surface area contributed by atoms with Crippen LogP contribution in [-0.4, -0.2) is 32.8 Å². The van der Waals surface area contributed by atoms with Crippen LogP contribution in [0.1, 0.15) is 35.8 Å². The quantitative estimate of drug-likeness (QED) is 0.854. The van der Waals surface area contributed by atoms with Gasteiger partial charge in [0.15, 0.2) is 5.69 Å². The van der Waals surface area contributed by atoms with Crippen molar-refractivity contribution >= 4 is 11.6 Å². The number of halogens is 3. The van der Waals surface area contributed by atoms with Crippen molar-refractivity contribution in [3.05, 3.63) is 35.8 Å². The Balaban J connectivity index is 2.03. The Labute approximate surface area is 119 Å². The summed E-state index contributed by atoms with van der Waals surface area (Å²) >= 11 is 0. The number of fused-ring (bicyclic) bond motifs is 1. The largest absolute Gasteiger partial charge is 0.434 e. The summed E-state index contributed by atoms with van der Waals surface area (Å²) < 4.78 is 39.5. The molecule has 0 spiro atoms. The molecule has 1 fully saturated rings. The zero-order chi connectivity index (χ0) is 15.2. The van der Waals surface area contributed by atoms with Gasteiger partial charge in [-0.2, -0.15) is 13.2 Å². The Morgan fingerprint density at radius 3 is 2.81 bits per heavy atom. The van der Waals surface area contributed by atoms with E-state index in [1.807, 2.05) is 6.92 Å². The van der Waals surface area contributed by atoms with E-state index < -0.39 is 11.9 Å². The van der Waals surface area contributed by atoms with E-state index in [0.29, 0.717) is 6.54 Å². The molecule has 3 heterocycles. The molecule has 112 valence electrons. The monoisotopic (exact) mass is 297 g/mol. The average Bonchev–Trinajstić information content (AvgIpc) is 2.81. The van der Waals surface area contributed by atoms with E-state index in [9.17, 15) is 18.0 Å². The highest BCUT2D eigenvalue weighted by Crippen LogP contribution is 2.30. The van der Waals surface area contributed by atoms with Crippen LogP contribution in [0, 0.1) is 0 Å². The molecule has 0 radical (unpaired) electrons. The van der Waals surface area contributed by atoms with Crippen molar-refractivity contribution in [2.75, 3.05) is 6.54 Å². The molecule has 2 aromatic heterocycles. The van der Waals surface area contributed by atoms with Gasteiger partial charge in [-0.3, -0.25) is 4.79 Å². The van der Waals surface area contributed by atoms with Gasteiger partial charge in [0, 0.05) is 25.0 Å². The van der Waals surface area contributed by atoms with Crippen LogP contribution in [0.3, 0.4) is 0 Å². The third-order valence-electron chi connectivity index (χ3n) is 3.88. The first-order valence-corrected chi connectivity index (χ1v) is 6.77. The molecule has 21 heavy (non-hydrogen) atoms. The predicted octanol–water partition coefficient (Wildman–Crippen LogP) is 2.98. The minimum Gasteiger partial charge on any atom is -0.335 e. The van der Waals surface area contributed by atoms with Crippen molar-refractivity contribution in [1.82, 2.24) is 14.3 Å². The first-order chi connectivity index (χ1) is 9.91. The van der Waals surface area contributed by atoms with Crippen molar-refractivity contribution in [3.8, 4) is 0 Å². The van der Waals surface area contributed by atoms with Crippen molar-refractivity contribution < 1.29 is 18.0 Å². The highest BCUT2D eigenvalue weighted by Gasteiger charge is 2.36. The van der Waals surface area contributed by atoms with Crippen LogP contribution in [0.25, 0.3) is 5.65 Å². The smallest absolute Gasteiger partial charge is 0.335 e. The lowest BCUT2D eigenvalue weighted by Gasteiger charge is -2.40. The summed E-state index contributed by atoms with van der Waals surface area (Å²) in [6.45, 7) is 2.63. The number of carbonyl (C=O) groups is 1. The van der Waals surface area contributed by atoms with Crippen molar-refractivity contribution in [1.29, 1.82) is 0 Å². The molecule has 7 heteroatoms. The van der Waals surface area contributed by atoms with Gasteiger partial charge in [-0.1, -0.05) is 6.92 Å². The SMILES string of the molecule is CCC1CCN1C(=O)c1cccn2cc(C(F)(F)F)nc12. The molecule has 4 nitrogen and oxygen atoms in total. The Kier molecular flexibility index (Phi) is 3.15. The van der Waals surface area contributed by atoms with Gasteiger partial charge in [0.1, 0.15) is 5.65 Å². The number of likely N-dealkylation sites (tertiary alicyclic amines) is 1. The maximum atomic E-state index is 12.7. The third-order valence-corrected chi connectivity index (χ3v) is 3.88. The van der Waals surface area contributed by atoms with Crippen molar-refractivity contribution in [3.63, 3.8) is 0 Å².